The highest BCUT2D eigenvalue weighted by Gasteiger charge is 2.25. The number of amides is 1. The predicted octanol–water partition coefficient (Wildman–Crippen LogP) is 3.52. The highest BCUT2D eigenvalue weighted by molar-refractivity contribution is 6.37. The summed E-state index contributed by atoms with van der Waals surface area (Å²) in [5.41, 5.74) is 1.25. The Labute approximate surface area is 157 Å². The van der Waals surface area contributed by atoms with Gasteiger partial charge in [-0.05, 0) is 30.4 Å². The van der Waals surface area contributed by atoms with Gasteiger partial charge >= 0.3 is 5.97 Å². The minimum atomic E-state index is -0.548. The molecule has 0 unspecified atom stereocenters. The number of halogens is 1. The fourth-order valence-corrected chi connectivity index (χ4v) is 4.16. The average Bonchev–Trinajstić information content (AvgIpc) is 2.92. The van der Waals surface area contributed by atoms with Crippen LogP contribution in [0.3, 0.4) is 0 Å². The van der Waals surface area contributed by atoms with Crippen molar-refractivity contribution < 1.29 is 14.3 Å². The Bertz CT molecular complexity index is 823. The molecule has 0 radical (unpaired) electrons. The molecule has 26 heavy (non-hydrogen) atoms. The standard InChI is InChI=1S/C19H24ClN3O3/c1-11-7-12(2)9-23(8-11)10-15(24)22-17-16-13(20)5-4-6-14(16)21-18(17)19(25)26-3/h4-6,11-12,21H,7-10H2,1-3H3,(H,22,24)/t11-,12-/m0/s1. The maximum absolute atomic E-state index is 12.6. The van der Waals surface area contributed by atoms with Crippen molar-refractivity contribution in [3.8, 4) is 0 Å². The van der Waals surface area contributed by atoms with Gasteiger partial charge in [-0.15, -0.1) is 0 Å². The molecule has 1 aliphatic heterocycles. The first-order valence-electron chi connectivity index (χ1n) is 8.79. The largest absolute Gasteiger partial charge is 0.464 e. The van der Waals surface area contributed by atoms with Gasteiger partial charge in [0.25, 0.3) is 0 Å². The van der Waals surface area contributed by atoms with E-state index in [-0.39, 0.29) is 18.1 Å². The predicted molar refractivity (Wildman–Crippen MR) is 103 cm³/mol. The summed E-state index contributed by atoms with van der Waals surface area (Å²) in [6, 6.07) is 5.31. The summed E-state index contributed by atoms with van der Waals surface area (Å²) in [6.45, 7) is 6.49. The SMILES string of the molecule is COC(=O)c1[nH]c2cccc(Cl)c2c1NC(=O)CN1C[C@@H](C)C[C@H](C)C1. The molecule has 1 aromatic carbocycles. The minimum absolute atomic E-state index is 0.169. The van der Waals surface area contributed by atoms with Crippen LogP contribution in [-0.4, -0.2) is 48.5 Å². The molecule has 2 aromatic rings. The number of piperidine rings is 1. The van der Waals surface area contributed by atoms with Crippen LogP contribution in [-0.2, 0) is 9.53 Å². The number of carbonyl (C=O) groups excluding carboxylic acids is 2. The van der Waals surface area contributed by atoms with E-state index < -0.39 is 5.97 Å². The lowest BCUT2D eigenvalue weighted by Crippen LogP contribution is -2.42. The molecular formula is C19H24ClN3O3. The lowest BCUT2D eigenvalue weighted by Gasteiger charge is -2.34. The number of esters is 1. The van der Waals surface area contributed by atoms with Gasteiger partial charge in [0.2, 0.25) is 5.91 Å². The number of anilines is 1. The molecule has 0 spiro atoms. The summed E-state index contributed by atoms with van der Waals surface area (Å²) in [5, 5.41) is 3.95. The van der Waals surface area contributed by atoms with Gasteiger partial charge in [-0.3, -0.25) is 9.69 Å². The number of ether oxygens (including phenoxy) is 1. The van der Waals surface area contributed by atoms with Crippen LogP contribution in [0.5, 0.6) is 0 Å². The van der Waals surface area contributed by atoms with Crippen LogP contribution in [0.25, 0.3) is 10.9 Å². The van der Waals surface area contributed by atoms with E-state index in [1.165, 1.54) is 13.5 Å². The number of benzene rings is 1. The van der Waals surface area contributed by atoms with Crippen LogP contribution in [0, 0.1) is 11.8 Å². The van der Waals surface area contributed by atoms with Gasteiger partial charge in [-0.1, -0.05) is 31.5 Å². The topological polar surface area (TPSA) is 74.4 Å². The van der Waals surface area contributed by atoms with Crippen LogP contribution in [0.15, 0.2) is 18.2 Å². The zero-order chi connectivity index (χ0) is 18.8. The molecule has 2 N–H and O–H groups in total. The molecule has 3 rings (SSSR count). The Morgan fingerprint density at radius 3 is 2.65 bits per heavy atom. The summed E-state index contributed by atoms with van der Waals surface area (Å²) in [7, 11) is 1.30. The number of rotatable bonds is 4. The molecule has 140 valence electrons. The number of fused-ring (bicyclic) bond motifs is 1. The van der Waals surface area contributed by atoms with Crippen LogP contribution in [0.1, 0.15) is 30.8 Å². The van der Waals surface area contributed by atoms with Crippen molar-refractivity contribution in [3.05, 3.63) is 28.9 Å². The first-order valence-corrected chi connectivity index (χ1v) is 9.17. The fraction of sp³-hybridized carbons (Fsp3) is 0.474. The molecule has 1 aromatic heterocycles. The van der Waals surface area contributed by atoms with Gasteiger partial charge < -0.3 is 15.0 Å². The Kier molecular flexibility index (Phi) is 5.53. The Morgan fingerprint density at radius 1 is 1.31 bits per heavy atom. The van der Waals surface area contributed by atoms with Gasteiger partial charge in [0, 0.05) is 24.0 Å². The smallest absolute Gasteiger partial charge is 0.356 e. The molecule has 1 fully saturated rings. The molecule has 7 heteroatoms. The number of H-pyrrole nitrogens is 1. The zero-order valence-corrected chi connectivity index (χ0v) is 16.0. The molecule has 2 heterocycles. The Hall–Kier alpha value is -2.05. The third-order valence-corrected chi connectivity index (χ3v) is 5.05. The van der Waals surface area contributed by atoms with Gasteiger partial charge in [0.15, 0.2) is 0 Å². The van der Waals surface area contributed by atoms with Crippen LogP contribution in [0.2, 0.25) is 5.02 Å². The summed E-state index contributed by atoms with van der Waals surface area (Å²) in [5.74, 6) is 0.421. The molecule has 2 atom stereocenters. The van der Waals surface area contributed by atoms with E-state index in [0.717, 1.165) is 13.1 Å². The fourth-order valence-electron chi connectivity index (χ4n) is 3.89. The van der Waals surface area contributed by atoms with Gasteiger partial charge in [0.05, 0.1) is 24.4 Å². The normalized spacial score (nSPS) is 20.9. The minimum Gasteiger partial charge on any atom is -0.464 e. The molecule has 1 saturated heterocycles. The van der Waals surface area contributed by atoms with E-state index in [4.69, 9.17) is 16.3 Å². The first-order chi connectivity index (χ1) is 12.4. The number of carbonyl (C=O) groups is 2. The van der Waals surface area contributed by atoms with Crippen LogP contribution in [0.4, 0.5) is 5.69 Å². The van der Waals surface area contributed by atoms with Gasteiger partial charge in [0.1, 0.15) is 5.69 Å². The lowest BCUT2D eigenvalue weighted by atomic mass is 9.92. The molecule has 1 amide bonds. The number of methoxy groups -OCH3 is 1. The summed E-state index contributed by atoms with van der Waals surface area (Å²) < 4.78 is 4.83. The first kappa shape index (κ1) is 18.7. The maximum Gasteiger partial charge on any atom is 0.356 e. The van der Waals surface area contributed by atoms with Crippen LogP contribution < -0.4 is 5.32 Å². The zero-order valence-electron chi connectivity index (χ0n) is 15.3. The number of nitrogens with one attached hydrogen (secondary N) is 2. The van der Waals surface area contributed by atoms with E-state index in [1.807, 2.05) is 0 Å². The van der Waals surface area contributed by atoms with E-state index in [0.29, 0.717) is 33.4 Å². The van der Waals surface area contributed by atoms with Crippen molar-refractivity contribution in [1.82, 2.24) is 9.88 Å². The van der Waals surface area contributed by atoms with Crippen LogP contribution >= 0.6 is 11.6 Å². The monoisotopic (exact) mass is 377 g/mol. The number of aromatic amines is 1. The van der Waals surface area contributed by atoms with E-state index >= 15 is 0 Å². The van der Waals surface area contributed by atoms with E-state index in [2.05, 4.69) is 29.0 Å². The number of aromatic nitrogens is 1. The summed E-state index contributed by atoms with van der Waals surface area (Å²) >= 11 is 6.30. The van der Waals surface area contributed by atoms with Gasteiger partial charge in [-0.25, -0.2) is 4.79 Å². The molecule has 1 aliphatic rings. The molecule has 0 bridgehead atoms. The third-order valence-electron chi connectivity index (χ3n) is 4.74. The molecule has 0 aliphatic carbocycles. The second-order valence-corrected chi connectivity index (χ2v) is 7.62. The second-order valence-electron chi connectivity index (χ2n) is 7.22. The highest BCUT2D eigenvalue weighted by Crippen LogP contribution is 2.34. The Morgan fingerprint density at radius 2 is 2.00 bits per heavy atom. The van der Waals surface area contributed by atoms with Crippen molar-refractivity contribution in [3.63, 3.8) is 0 Å². The third kappa shape index (κ3) is 3.86. The number of hydrogen-bond donors (Lipinski definition) is 2. The van der Waals surface area contributed by atoms with Crippen molar-refractivity contribution >= 4 is 40.1 Å². The molecule has 0 saturated carbocycles. The number of hydrogen-bond acceptors (Lipinski definition) is 4. The Balaban J connectivity index is 1.85. The molecular weight excluding hydrogens is 354 g/mol. The van der Waals surface area contributed by atoms with E-state index in [1.54, 1.807) is 18.2 Å². The lowest BCUT2D eigenvalue weighted by molar-refractivity contribution is -0.117. The van der Waals surface area contributed by atoms with Crippen molar-refractivity contribution in [2.75, 3.05) is 32.1 Å². The molecule has 6 nitrogen and oxygen atoms in total. The van der Waals surface area contributed by atoms with Crippen molar-refractivity contribution in [2.45, 2.75) is 20.3 Å². The quantitative estimate of drug-likeness (QED) is 0.799. The van der Waals surface area contributed by atoms with Gasteiger partial charge in [-0.2, -0.15) is 0 Å². The second kappa shape index (κ2) is 7.68. The summed E-state index contributed by atoms with van der Waals surface area (Å²) in [6.07, 6.45) is 1.18. The average molecular weight is 378 g/mol. The van der Waals surface area contributed by atoms with Crippen molar-refractivity contribution in [1.29, 1.82) is 0 Å². The summed E-state index contributed by atoms with van der Waals surface area (Å²) in [4.78, 5) is 29.9. The van der Waals surface area contributed by atoms with E-state index in [9.17, 15) is 9.59 Å². The highest BCUT2D eigenvalue weighted by atomic mass is 35.5. The van der Waals surface area contributed by atoms with Crippen molar-refractivity contribution in [2.24, 2.45) is 11.8 Å². The number of nitrogens with zero attached hydrogens (tertiary/aromatic N) is 1. The maximum atomic E-state index is 12.6. The number of likely N-dealkylation sites (tertiary alicyclic amines) is 1.